The Bertz CT molecular complexity index is 456. The second kappa shape index (κ2) is 4.83. The zero-order chi connectivity index (χ0) is 13.7. The zero-order valence-corrected chi connectivity index (χ0v) is 12.3. The first-order valence-electron chi connectivity index (χ1n) is 8.31. The molecule has 4 bridgehead atoms. The molecule has 1 atom stereocenters. The maximum atomic E-state index is 5.96. The summed E-state index contributed by atoms with van der Waals surface area (Å²) >= 11 is 0. The van der Waals surface area contributed by atoms with Gasteiger partial charge in [-0.3, -0.25) is 0 Å². The Morgan fingerprint density at radius 1 is 1.15 bits per heavy atom. The van der Waals surface area contributed by atoms with Crippen molar-refractivity contribution in [1.82, 2.24) is 10.1 Å². The van der Waals surface area contributed by atoms with E-state index in [-0.39, 0.29) is 6.04 Å². The molecule has 5 rings (SSSR count). The summed E-state index contributed by atoms with van der Waals surface area (Å²) in [6.45, 7) is 2.05. The highest BCUT2D eigenvalue weighted by molar-refractivity contribution is 5.02. The van der Waals surface area contributed by atoms with Crippen LogP contribution in [0, 0.1) is 29.6 Å². The molecule has 110 valence electrons. The van der Waals surface area contributed by atoms with E-state index in [2.05, 4.69) is 10.1 Å². The third-order valence-corrected chi connectivity index (χ3v) is 6.08. The van der Waals surface area contributed by atoms with Gasteiger partial charge < -0.3 is 10.3 Å². The van der Waals surface area contributed by atoms with E-state index in [0.29, 0.717) is 5.89 Å². The Kier molecular flexibility index (Phi) is 3.09. The van der Waals surface area contributed by atoms with Crippen molar-refractivity contribution < 1.29 is 4.52 Å². The Morgan fingerprint density at radius 2 is 1.80 bits per heavy atom. The molecule has 1 aromatic heterocycles. The molecule has 4 nitrogen and oxygen atoms in total. The second-order valence-corrected chi connectivity index (χ2v) is 7.36. The third kappa shape index (κ3) is 2.09. The van der Waals surface area contributed by atoms with Gasteiger partial charge in [0.05, 0.1) is 6.04 Å². The lowest BCUT2D eigenvalue weighted by Gasteiger charge is -2.54. The number of nitrogens with zero attached hydrogens (tertiary/aromatic N) is 2. The molecule has 1 heterocycles. The van der Waals surface area contributed by atoms with Crippen molar-refractivity contribution >= 4 is 0 Å². The minimum Gasteiger partial charge on any atom is -0.338 e. The Labute approximate surface area is 120 Å². The first kappa shape index (κ1) is 12.8. The minimum atomic E-state index is -0.102. The number of nitrogens with two attached hydrogens (primary N) is 1. The molecule has 2 N–H and O–H groups in total. The molecule has 4 aliphatic rings. The topological polar surface area (TPSA) is 64.9 Å². The highest BCUT2D eigenvalue weighted by Crippen LogP contribution is 2.57. The summed E-state index contributed by atoms with van der Waals surface area (Å²) in [6.07, 6.45) is 9.19. The fraction of sp³-hybridized carbons (Fsp3) is 0.875. The van der Waals surface area contributed by atoms with E-state index in [1.807, 2.05) is 6.92 Å². The van der Waals surface area contributed by atoms with Gasteiger partial charge in [0.1, 0.15) is 0 Å². The molecule has 0 aromatic carbocycles. The molecule has 4 aliphatic carbocycles. The van der Waals surface area contributed by atoms with Gasteiger partial charge in [0.15, 0.2) is 5.82 Å². The predicted octanol–water partition coefficient (Wildman–Crippen LogP) is 3.09. The molecule has 4 saturated carbocycles. The fourth-order valence-electron chi connectivity index (χ4n) is 5.26. The molecular formula is C16H25N3O. The number of hydrogen-bond donors (Lipinski definition) is 1. The molecule has 1 unspecified atom stereocenters. The second-order valence-electron chi connectivity index (χ2n) is 7.36. The number of aromatic nitrogens is 2. The Hall–Kier alpha value is -0.900. The lowest BCUT2D eigenvalue weighted by atomic mass is 9.51. The first-order valence-corrected chi connectivity index (χ1v) is 8.31. The average molecular weight is 275 g/mol. The van der Waals surface area contributed by atoms with Crippen LogP contribution in [-0.4, -0.2) is 10.1 Å². The van der Waals surface area contributed by atoms with Crippen LogP contribution in [0.2, 0.25) is 0 Å². The summed E-state index contributed by atoms with van der Waals surface area (Å²) in [5, 5.41) is 4.17. The fourth-order valence-corrected chi connectivity index (χ4v) is 5.26. The Balaban J connectivity index is 1.48. The van der Waals surface area contributed by atoms with Crippen molar-refractivity contribution in [3.63, 3.8) is 0 Å². The van der Waals surface area contributed by atoms with Gasteiger partial charge >= 0.3 is 0 Å². The first-order chi connectivity index (χ1) is 9.72. The van der Waals surface area contributed by atoms with E-state index in [1.165, 1.54) is 32.1 Å². The molecule has 0 radical (unpaired) electrons. The van der Waals surface area contributed by atoms with E-state index in [4.69, 9.17) is 10.3 Å². The van der Waals surface area contributed by atoms with Gasteiger partial charge in [-0.2, -0.15) is 4.98 Å². The lowest BCUT2D eigenvalue weighted by molar-refractivity contribution is -0.0368. The summed E-state index contributed by atoms with van der Waals surface area (Å²) in [5.74, 6) is 6.21. The van der Waals surface area contributed by atoms with Crippen molar-refractivity contribution in [3.05, 3.63) is 11.7 Å². The standard InChI is InChI=1S/C16H25N3O/c1-2-14(17)16-18-15(19-20-16)8-13-11-4-9-3-10(6-11)7-12(13)5-9/h9-14H,2-8,17H2,1H3. The van der Waals surface area contributed by atoms with Crippen LogP contribution in [0.25, 0.3) is 0 Å². The van der Waals surface area contributed by atoms with Gasteiger partial charge in [-0.15, -0.1) is 0 Å². The maximum Gasteiger partial charge on any atom is 0.243 e. The SMILES string of the molecule is CCC(N)c1nc(CC2C3CC4CC(C3)CC2C4)no1. The minimum absolute atomic E-state index is 0.102. The van der Waals surface area contributed by atoms with E-state index in [9.17, 15) is 0 Å². The molecule has 4 heteroatoms. The molecule has 4 fully saturated rings. The van der Waals surface area contributed by atoms with Gasteiger partial charge in [-0.05, 0) is 68.1 Å². The molecule has 20 heavy (non-hydrogen) atoms. The summed E-state index contributed by atoms with van der Waals surface area (Å²) in [6, 6.07) is -0.102. The quantitative estimate of drug-likeness (QED) is 0.917. The van der Waals surface area contributed by atoms with Crippen LogP contribution in [0.1, 0.15) is 63.2 Å². The molecule has 0 saturated heterocycles. The number of rotatable bonds is 4. The van der Waals surface area contributed by atoms with Crippen molar-refractivity contribution in [3.8, 4) is 0 Å². The van der Waals surface area contributed by atoms with Crippen molar-refractivity contribution in [1.29, 1.82) is 0 Å². The Morgan fingerprint density at radius 3 is 2.40 bits per heavy atom. The summed E-state index contributed by atoms with van der Waals surface area (Å²) < 4.78 is 5.32. The van der Waals surface area contributed by atoms with Crippen molar-refractivity contribution in [2.75, 3.05) is 0 Å². The molecular weight excluding hydrogens is 250 g/mol. The van der Waals surface area contributed by atoms with Crippen LogP contribution < -0.4 is 5.73 Å². The van der Waals surface area contributed by atoms with Gasteiger partial charge in [-0.25, -0.2) is 0 Å². The van der Waals surface area contributed by atoms with Crippen molar-refractivity contribution in [2.24, 2.45) is 35.3 Å². The lowest BCUT2D eigenvalue weighted by Crippen LogP contribution is -2.45. The van der Waals surface area contributed by atoms with Gasteiger partial charge in [0.25, 0.3) is 0 Å². The predicted molar refractivity (Wildman–Crippen MR) is 75.8 cm³/mol. The zero-order valence-electron chi connectivity index (χ0n) is 12.3. The van der Waals surface area contributed by atoms with E-state index >= 15 is 0 Å². The van der Waals surface area contributed by atoms with Crippen LogP contribution in [0.5, 0.6) is 0 Å². The molecule has 0 aliphatic heterocycles. The highest BCUT2D eigenvalue weighted by atomic mass is 16.5. The van der Waals surface area contributed by atoms with Gasteiger partial charge in [-0.1, -0.05) is 12.1 Å². The molecule has 0 spiro atoms. The van der Waals surface area contributed by atoms with Crippen LogP contribution >= 0.6 is 0 Å². The molecule has 1 aromatic rings. The smallest absolute Gasteiger partial charge is 0.243 e. The summed E-state index contributed by atoms with van der Waals surface area (Å²) in [5.41, 5.74) is 5.96. The maximum absolute atomic E-state index is 5.96. The largest absolute Gasteiger partial charge is 0.338 e. The normalized spacial score (nSPS) is 40.2. The van der Waals surface area contributed by atoms with Crippen LogP contribution in [0.4, 0.5) is 0 Å². The van der Waals surface area contributed by atoms with Crippen LogP contribution in [0.3, 0.4) is 0 Å². The number of hydrogen-bond acceptors (Lipinski definition) is 4. The van der Waals surface area contributed by atoms with E-state index in [1.54, 1.807) is 0 Å². The van der Waals surface area contributed by atoms with Gasteiger partial charge in [0.2, 0.25) is 5.89 Å². The summed E-state index contributed by atoms with van der Waals surface area (Å²) in [4.78, 5) is 4.53. The summed E-state index contributed by atoms with van der Waals surface area (Å²) in [7, 11) is 0. The molecule has 0 amide bonds. The van der Waals surface area contributed by atoms with Crippen molar-refractivity contribution in [2.45, 2.75) is 57.9 Å². The third-order valence-electron chi connectivity index (χ3n) is 6.08. The van der Waals surface area contributed by atoms with Gasteiger partial charge in [0, 0.05) is 6.42 Å². The van der Waals surface area contributed by atoms with E-state index in [0.717, 1.165) is 48.3 Å². The van der Waals surface area contributed by atoms with E-state index < -0.39 is 0 Å². The monoisotopic (exact) mass is 275 g/mol. The average Bonchev–Trinajstić information content (AvgIpc) is 2.90. The van der Waals surface area contributed by atoms with Crippen LogP contribution in [-0.2, 0) is 6.42 Å². The highest BCUT2D eigenvalue weighted by Gasteiger charge is 2.48. The van der Waals surface area contributed by atoms with Crippen LogP contribution in [0.15, 0.2) is 4.52 Å².